The number of H-pyrrole nitrogens is 1. The third-order valence-corrected chi connectivity index (χ3v) is 5.37. The van der Waals surface area contributed by atoms with E-state index in [1.807, 2.05) is 0 Å². The zero-order valence-corrected chi connectivity index (χ0v) is 16.9. The SMILES string of the molecule is CC(=O)c1c(C)[nH]c(C(=O)[C@@H](C)Sc2nnc(-c3ccc(Cl)cc3)o2)c1C. The lowest BCUT2D eigenvalue weighted by molar-refractivity contribution is 0.0988. The van der Waals surface area contributed by atoms with Crippen LogP contribution in [0.5, 0.6) is 0 Å². The smallest absolute Gasteiger partial charge is 0.277 e. The topological polar surface area (TPSA) is 88.9 Å². The molecule has 0 aliphatic carbocycles. The molecule has 3 rings (SSSR count). The summed E-state index contributed by atoms with van der Waals surface area (Å²) in [7, 11) is 0. The largest absolute Gasteiger partial charge is 0.411 e. The molecule has 0 fully saturated rings. The van der Waals surface area contributed by atoms with Gasteiger partial charge in [0, 0.05) is 21.8 Å². The maximum Gasteiger partial charge on any atom is 0.277 e. The molecule has 6 nitrogen and oxygen atoms in total. The summed E-state index contributed by atoms with van der Waals surface area (Å²) in [5.74, 6) is 0.170. The Balaban J connectivity index is 1.77. The molecule has 0 amide bonds. The van der Waals surface area contributed by atoms with Gasteiger partial charge in [0.15, 0.2) is 11.6 Å². The van der Waals surface area contributed by atoms with Crippen LogP contribution < -0.4 is 0 Å². The Hall–Kier alpha value is -2.38. The quantitative estimate of drug-likeness (QED) is 0.465. The number of halogens is 1. The van der Waals surface area contributed by atoms with Crippen LogP contribution in [0, 0.1) is 13.8 Å². The maximum absolute atomic E-state index is 12.8. The number of aryl methyl sites for hydroxylation is 1. The van der Waals surface area contributed by atoms with Gasteiger partial charge in [0.2, 0.25) is 5.89 Å². The average molecular weight is 404 g/mol. The van der Waals surface area contributed by atoms with Gasteiger partial charge in [0.25, 0.3) is 5.22 Å². The van der Waals surface area contributed by atoms with Crippen LogP contribution in [0.4, 0.5) is 0 Å². The molecule has 2 aromatic heterocycles. The van der Waals surface area contributed by atoms with E-state index in [4.69, 9.17) is 16.0 Å². The summed E-state index contributed by atoms with van der Waals surface area (Å²) in [5, 5.41) is 8.48. The van der Waals surface area contributed by atoms with E-state index in [9.17, 15) is 9.59 Å². The van der Waals surface area contributed by atoms with E-state index in [0.29, 0.717) is 38.7 Å². The normalized spacial score (nSPS) is 12.2. The van der Waals surface area contributed by atoms with Gasteiger partial charge in [-0.2, -0.15) is 0 Å². The summed E-state index contributed by atoms with van der Waals surface area (Å²) in [5.41, 5.74) is 3.13. The number of rotatable bonds is 6. The minimum absolute atomic E-state index is 0.0647. The number of hydrogen-bond acceptors (Lipinski definition) is 6. The lowest BCUT2D eigenvalue weighted by Crippen LogP contribution is -2.15. The van der Waals surface area contributed by atoms with E-state index >= 15 is 0 Å². The van der Waals surface area contributed by atoms with E-state index in [0.717, 1.165) is 5.56 Å². The second kappa shape index (κ2) is 7.70. The highest BCUT2D eigenvalue weighted by Gasteiger charge is 2.25. The predicted molar refractivity (Wildman–Crippen MR) is 105 cm³/mol. The Bertz CT molecular complexity index is 1010. The van der Waals surface area contributed by atoms with E-state index in [1.165, 1.54) is 18.7 Å². The van der Waals surface area contributed by atoms with Crippen LogP contribution in [0.3, 0.4) is 0 Å². The van der Waals surface area contributed by atoms with Crippen LogP contribution in [-0.2, 0) is 0 Å². The van der Waals surface area contributed by atoms with Gasteiger partial charge in [-0.3, -0.25) is 9.59 Å². The van der Waals surface area contributed by atoms with Crippen LogP contribution in [0.25, 0.3) is 11.5 Å². The van der Waals surface area contributed by atoms with Crippen molar-refractivity contribution in [2.75, 3.05) is 0 Å². The number of aromatic amines is 1. The van der Waals surface area contributed by atoms with E-state index in [1.54, 1.807) is 45.0 Å². The summed E-state index contributed by atoms with van der Waals surface area (Å²) in [6.45, 7) is 6.82. The van der Waals surface area contributed by atoms with Crippen molar-refractivity contribution >= 4 is 34.9 Å². The van der Waals surface area contributed by atoms with Crippen molar-refractivity contribution in [3.05, 3.63) is 51.8 Å². The van der Waals surface area contributed by atoms with Crippen molar-refractivity contribution in [1.82, 2.24) is 15.2 Å². The van der Waals surface area contributed by atoms with Crippen molar-refractivity contribution < 1.29 is 14.0 Å². The predicted octanol–water partition coefficient (Wildman–Crippen LogP) is 4.90. The molecule has 0 unspecified atom stereocenters. The molecule has 0 radical (unpaired) electrons. The average Bonchev–Trinajstić information content (AvgIpc) is 3.19. The number of nitrogens with zero attached hydrogens (tertiary/aromatic N) is 2. The molecule has 1 atom stereocenters. The van der Waals surface area contributed by atoms with Crippen molar-refractivity contribution in [3.8, 4) is 11.5 Å². The molecule has 0 saturated heterocycles. The Morgan fingerprint density at radius 1 is 1.19 bits per heavy atom. The molecule has 0 spiro atoms. The van der Waals surface area contributed by atoms with Crippen molar-refractivity contribution in [2.24, 2.45) is 0 Å². The Morgan fingerprint density at radius 3 is 2.44 bits per heavy atom. The molecule has 0 aliphatic heterocycles. The molecule has 0 aliphatic rings. The standard InChI is InChI=1S/C19H18ClN3O3S/c1-9-15(11(3)24)10(2)21-16(9)17(25)12(4)27-19-23-22-18(26-19)13-5-7-14(20)8-6-13/h5-8,12,21H,1-4H3/t12-/m1/s1. The second-order valence-corrected chi connectivity index (χ2v) is 7.91. The highest BCUT2D eigenvalue weighted by Crippen LogP contribution is 2.29. The van der Waals surface area contributed by atoms with Crippen molar-refractivity contribution in [3.63, 3.8) is 0 Å². The van der Waals surface area contributed by atoms with E-state index < -0.39 is 5.25 Å². The van der Waals surface area contributed by atoms with Gasteiger partial charge < -0.3 is 9.40 Å². The summed E-state index contributed by atoms with van der Waals surface area (Å²) in [4.78, 5) is 27.6. The number of aromatic nitrogens is 3. The zero-order chi connectivity index (χ0) is 19.7. The summed E-state index contributed by atoms with van der Waals surface area (Å²) in [6, 6.07) is 7.05. The fraction of sp³-hybridized carbons (Fsp3) is 0.263. The summed E-state index contributed by atoms with van der Waals surface area (Å²) in [6.07, 6.45) is 0. The first-order chi connectivity index (χ1) is 12.8. The Morgan fingerprint density at radius 2 is 1.85 bits per heavy atom. The third kappa shape index (κ3) is 3.99. The van der Waals surface area contributed by atoms with E-state index in [2.05, 4.69) is 15.2 Å². The molecular weight excluding hydrogens is 386 g/mol. The molecule has 3 aromatic rings. The molecule has 8 heteroatoms. The molecule has 1 N–H and O–H groups in total. The molecule has 27 heavy (non-hydrogen) atoms. The number of nitrogens with one attached hydrogen (secondary N) is 1. The third-order valence-electron chi connectivity index (χ3n) is 4.18. The fourth-order valence-corrected chi connectivity index (χ4v) is 3.77. The fourth-order valence-electron chi connectivity index (χ4n) is 2.90. The second-order valence-electron chi connectivity index (χ2n) is 6.19. The van der Waals surface area contributed by atoms with Crippen molar-refractivity contribution in [2.45, 2.75) is 38.2 Å². The van der Waals surface area contributed by atoms with Crippen LogP contribution in [0.1, 0.15) is 46.0 Å². The number of thioether (sulfide) groups is 1. The Kier molecular flexibility index (Phi) is 5.53. The van der Waals surface area contributed by atoms with Gasteiger partial charge in [-0.25, -0.2) is 0 Å². The highest BCUT2D eigenvalue weighted by atomic mass is 35.5. The number of carbonyl (C=O) groups excluding carboxylic acids is 2. The molecule has 0 bridgehead atoms. The lowest BCUT2D eigenvalue weighted by Gasteiger charge is -2.07. The molecule has 2 heterocycles. The minimum atomic E-state index is -0.458. The molecular formula is C19H18ClN3O3S. The number of Topliss-reactive ketones (excluding diaryl/α,β-unsaturated/α-hetero) is 2. The van der Waals surface area contributed by atoms with Gasteiger partial charge in [-0.05, 0) is 57.5 Å². The maximum atomic E-state index is 12.8. The van der Waals surface area contributed by atoms with E-state index in [-0.39, 0.29) is 11.6 Å². The number of carbonyl (C=O) groups is 2. The molecule has 140 valence electrons. The molecule has 1 aromatic carbocycles. The Labute approximate surface area is 165 Å². The van der Waals surface area contributed by atoms with Crippen molar-refractivity contribution in [1.29, 1.82) is 0 Å². The molecule has 0 saturated carbocycles. The zero-order valence-electron chi connectivity index (χ0n) is 15.3. The first-order valence-electron chi connectivity index (χ1n) is 8.28. The first kappa shape index (κ1) is 19.4. The minimum Gasteiger partial charge on any atom is -0.411 e. The number of benzene rings is 1. The number of ketones is 2. The van der Waals surface area contributed by atoms with Crippen LogP contribution >= 0.6 is 23.4 Å². The monoisotopic (exact) mass is 403 g/mol. The highest BCUT2D eigenvalue weighted by molar-refractivity contribution is 8.00. The summed E-state index contributed by atoms with van der Waals surface area (Å²) < 4.78 is 5.64. The summed E-state index contributed by atoms with van der Waals surface area (Å²) >= 11 is 7.06. The first-order valence-corrected chi connectivity index (χ1v) is 9.54. The van der Waals surface area contributed by atoms with Gasteiger partial charge >= 0.3 is 0 Å². The van der Waals surface area contributed by atoms with Gasteiger partial charge in [-0.15, -0.1) is 10.2 Å². The number of hydrogen-bond donors (Lipinski definition) is 1. The van der Waals surface area contributed by atoms with Crippen LogP contribution in [0.15, 0.2) is 33.9 Å². The lowest BCUT2D eigenvalue weighted by atomic mass is 10.0. The van der Waals surface area contributed by atoms with Gasteiger partial charge in [-0.1, -0.05) is 23.4 Å². The van der Waals surface area contributed by atoms with Gasteiger partial charge in [0.05, 0.1) is 10.9 Å². The van der Waals surface area contributed by atoms with Crippen LogP contribution in [0.2, 0.25) is 5.02 Å². The van der Waals surface area contributed by atoms with Crippen LogP contribution in [-0.4, -0.2) is 32.0 Å². The van der Waals surface area contributed by atoms with Gasteiger partial charge in [0.1, 0.15) is 0 Å².